The molecule has 2 unspecified atom stereocenters. The average molecular weight is 158 g/mol. The molecule has 1 N–H and O–H groups in total. The lowest BCUT2D eigenvalue weighted by atomic mass is 10.1. The van der Waals surface area contributed by atoms with Crippen LogP contribution in [0.5, 0.6) is 0 Å². The Morgan fingerprint density at radius 3 is 2.55 bits per heavy atom. The number of rotatable bonds is 5. The van der Waals surface area contributed by atoms with Crippen LogP contribution in [0.25, 0.3) is 0 Å². The lowest BCUT2D eigenvalue weighted by molar-refractivity contribution is -0.0218. The zero-order chi connectivity index (χ0) is 8.69. The highest BCUT2D eigenvalue weighted by molar-refractivity contribution is 4.82. The summed E-state index contributed by atoms with van der Waals surface area (Å²) in [7, 11) is 0. The fourth-order valence-corrected chi connectivity index (χ4v) is 0.889. The summed E-state index contributed by atoms with van der Waals surface area (Å²) < 4.78 is 5.30. The summed E-state index contributed by atoms with van der Waals surface area (Å²) in [6.07, 6.45) is 4.34. The highest BCUT2D eigenvalue weighted by Gasteiger charge is 2.11. The van der Waals surface area contributed by atoms with Crippen LogP contribution in [0.3, 0.4) is 0 Å². The van der Waals surface area contributed by atoms with E-state index in [1.54, 1.807) is 6.92 Å². The molecule has 0 aromatic rings. The third kappa shape index (κ3) is 4.99. The van der Waals surface area contributed by atoms with Crippen molar-refractivity contribution in [1.29, 1.82) is 0 Å². The van der Waals surface area contributed by atoms with Crippen LogP contribution in [0.4, 0.5) is 0 Å². The van der Waals surface area contributed by atoms with E-state index in [4.69, 9.17) is 4.74 Å². The summed E-state index contributed by atoms with van der Waals surface area (Å²) in [6.45, 7) is 6.31. The number of allylic oxidation sites excluding steroid dienone is 1. The fraction of sp³-hybridized carbons (Fsp3) is 0.778. The third-order valence-corrected chi connectivity index (χ3v) is 1.52. The van der Waals surface area contributed by atoms with Crippen LogP contribution in [0, 0.1) is 0 Å². The Morgan fingerprint density at radius 2 is 2.18 bits per heavy atom. The average Bonchev–Trinajstić information content (AvgIpc) is 1.97. The van der Waals surface area contributed by atoms with E-state index in [0.29, 0.717) is 6.61 Å². The van der Waals surface area contributed by atoms with E-state index in [1.165, 1.54) is 0 Å². The zero-order valence-electron chi connectivity index (χ0n) is 7.58. The summed E-state index contributed by atoms with van der Waals surface area (Å²) in [5.41, 5.74) is 0. The molecule has 0 aliphatic heterocycles. The van der Waals surface area contributed by atoms with Gasteiger partial charge in [0.2, 0.25) is 0 Å². The van der Waals surface area contributed by atoms with Gasteiger partial charge in [-0.15, -0.1) is 0 Å². The van der Waals surface area contributed by atoms with Crippen molar-refractivity contribution in [3.63, 3.8) is 0 Å². The van der Waals surface area contributed by atoms with Crippen LogP contribution >= 0.6 is 0 Å². The predicted octanol–water partition coefficient (Wildman–Crippen LogP) is 1.74. The number of hydrogen-bond donors (Lipinski definition) is 1. The van der Waals surface area contributed by atoms with E-state index >= 15 is 0 Å². The van der Waals surface area contributed by atoms with Gasteiger partial charge in [0.1, 0.15) is 0 Å². The van der Waals surface area contributed by atoms with Gasteiger partial charge < -0.3 is 9.84 Å². The third-order valence-electron chi connectivity index (χ3n) is 1.52. The first kappa shape index (κ1) is 10.7. The first-order chi connectivity index (χ1) is 5.22. The minimum Gasteiger partial charge on any atom is -0.391 e. The predicted molar refractivity (Wildman–Crippen MR) is 46.5 cm³/mol. The van der Waals surface area contributed by atoms with Crippen LogP contribution in [-0.4, -0.2) is 23.9 Å². The highest BCUT2D eigenvalue weighted by Crippen LogP contribution is 2.04. The highest BCUT2D eigenvalue weighted by atomic mass is 16.5. The van der Waals surface area contributed by atoms with E-state index in [9.17, 15) is 5.11 Å². The second-order valence-electron chi connectivity index (χ2n) is 2.54. The molecule has 0 aromatic carbocycles. The van der Waals surface area contributed by atoms with Gasteiger partial charge in [-0.2, -0.15) is 0 Å². The quantitative estimate of drug-likeness (QED) is 0.617. The monoisotopic (exact) mass is 158 g/mol. The molecule has 0 bridgehead atoms. The molecule has 2 atom stereocenters. The molecular weight excluding hydrogens is 140 g/mol. The van der Waals surface area contributed by atoms with Gasteiger partial charge >= 0.3 is 0 Å². The van der Waals surface area contributed by atoms with Gasteiger partial charge in [-0.05, 0) is 27.2 Å². The largest absolute Gasteiger partial charge is 0.391 e. The van der Waals surface area contributed by atoms with Crippen molar-refractivity contribution >= 4 is 0 Å². The maximum atomic E-state index is 9.21. The molecule has 0 aliphatic rings. The second-order valence-corrected chi connectivity index (χ2v) is 2.54. The normalized spacial score (nSPS) is 17.1. The minimum absolute atomic E-state index is 0.0452. The van der Waals surface area contributed by atoms with E-state index in [2.05, 4.69) is 0 Å². The molecule has 0 radical (unpaired) electrons. The molecule has 0 fully saturated rings. The zero-order valence-corrected chi connectivity index (χ0v) is 7.58. The van der Waals surface area contributed by atoms with Gasteiger partial charge in [0.15, 0.2) is 0 Å². The fourth-order valence-electron chi connectivity index (χ4n) is 0.889. The maximum Gasteiger partial charge on any atom is 0.0865 e. The van der Waals surface area contributed by atoms with Crippen molar-refractivity contribution in [1.82, 2.24) is 0 Å². The van der Waals surface area contributed by atoms with Crippen LogP contribution in [-0.2, 0) is 4.74 Å². The number of ether oxygens (including phenoxy) is 1. The molecule has 11 heavy (non-hydrogen) atoms. The van der Waals surface area contributed by atoms with Gasteiger partial charge in [0.05, 0.1) is 12.2 Å². The lowest BCUT2D eigenvalue weighted by Gasteiger charge is -2.17. The first-order valence-corrected chi connectivity index (χ1v) is 4.13. The summed E-state index contributed by atoms with van der Waals surface area (Å²) in [5, 5.41) is 9.21. The molecule has 0 amide bonds. The van der Waals surface area contributed by atoms with Gasteiger partial charge in [-0.25, -0.2) is 0 Å². The molecule has 0 aliphatic carbocycles. The van der Waals surface area contributed by atoms with Gasteiger partial charge in [0, 0.05) is 6.61 Å². The molecule has 2 nitrogen and oxygen atoms in total. The van der Waals surface area contributed by atoms with Crippen molar-refractivity contribution in [2.24, 2.45) is 0 Å². The number of aliphatic hydroxyl groups excluding tert-OH is 1. The first-order valence-electron chi connectivity index (χ1n) is 4.13. The lowest BCUT2D eigenvalue weighted by Crippen LogP contribution is -2.25. The summed E-state index contributed by atoms with van der Waals surface area (Å²) in [5.74, 6) is 0. The SMILES string of the molecule is C/C=C\CC(OCC)C(C)O. The Bertz CT molecular complexity index is 108. The van der Waals surface area contributed by atoms with E-state index in [-0.39, 0.29) is 12.2 Å². The number of aliphatic hydroxyl groups is 1. The van der Waals surface area contributed by atoms with E-state index < -0.39 is 0 Å². The van der Waals surface area contributed by atoms with Crippen LogP contribution in [0.15, 0.2) is 12.2 Å². The molecule has 0 saturated carbocycles. The van der Waals surface area contributed by atoms with Crippen LogP contribution < -0.4 is 0 Å². The second kappa shape index (κ2) is 6.38. The van der Waals surface area contributed by atoms with Crippen molar-refractivity contribution < 1.29 is 9.84 Å². The van der Waals surface area contributed by atoms with Gasteiger partial charge in [-0.1, -0.05) is 12.2 Å². The molecule has 66 valence electrons. The Labute approximate surface area is 68.9 Å². The standard InChI is InChI=1S/C9H18O2/c1-4-6-7-9(8(3)10)11-5-2/h4,6,8-10H,5,7H2,1-3H3/b6-4-. The molecule has 0 saturated heterocycles. The summed E-state index contributed by atoms with van der Waals surface area (Å²) in [6, 6.07) is 0. The molecule has 0 rings (SSSR count). The minimum atomic E-state index is -0.383. The maximum absolute atomic E-state index is 9.21. The Morgan fingerprint density at radius 1 is 1.55 bits per heavy atom. The van der Waals surface area contributed by atoms with Crippen molar-refractivity contribution in [3.8, 4) is 0 Å². The molecule has 0 spiro atoms. The van der Waals surface area contributed by atoms with Crippen molar-refractivity contribution in [2.75, 3.05) is 6.61 Å². The molecule has 0 aromatic heterocycles. The Balaban J connectivity index is 3.69. The number of hydrogen-bond acceptors (Lipinski definition) is 2. The Hall–Kier alpha value is -0.340. The van der Waals surface area contributed by atoms with Gasteiger partial charge in [-0.3, -0.25) is 0 Å². The van der Waals surface area contributed by atoms with Gasteiger partial charge in [0.25, 0.3) is 0 Å². The van der Waals surface area contributed by atoms with E-state index in [1.807, 2.05) is 26.0 Å². The van der Waals surface area contributed by atoms with Crippen molar-refractivity contribution in [2.45, 2.75) is 39.4 Å². The Kier molecular flexibility index (Phi) is 6.18. The molecule has 2 heteroatoms. The van der Waals surface area contributed by atoms with Crippen LogP contribution in [0.2, 0.25) is 0 Å². The topological polar surface area (TPSA) is 29.5 Å². The summed E-state index contributed by atoms with van der Waals surface area (Å²) in [4.78, 5) is 0. The van der Waals surface area contributed by atoms with Crippen LogP contribution in [0.1, 0.15) is 27.2 Å². The van der Waals surface area contributed by atoms with E-state index in [0.717, 1.165) is 6.42 Å². The molecule has 0 heterocycles. The summed E-state index contributed by atoms with van der Waals surface area (Å²) >= 11 is 0. The smallest absolute Gasteiger partial charge is 0.0865 e. The van der Waals surface area contributed by atoms with Crippen molar-refractivity contribution in [3.05, 3.63) is 12.2 Å². The molecular formula is C9H18O2.